The van der Waals surface area contributed by atoms with Crippen molar-refractivity contribution in [2.75, 3.05) is 6.61 Å². The molecule has 0 bridgehead atoms. The summed E-state index contributed by atoms with van der Waals surface area (Å²) in [5.41, 5.74) is 0.436. The van der Waals surface area contributed by atoms with Crippen molar-refractivity contribution in [1.29, 1.82) is 0 Å². The van der Waals surface area contributed by atoms with E-state index in [1.54, 1.807) is 13.0 Å². The number of carbonyl (C=O) groups is 1. The van der Waals surface area contributed by atoms with Crippen LogP contribution in [-0.2, 0) is 4.74 Å². The van der Waals surface area contributed by atoms with E-state index >= 15 is 0 Å². The Bertz CT molecular complexity index is 1100. The molecule has 0 N–H and O–H groups in total. The van der Waals surface area contributed by atoms with Crippen LogP contribution in [0.15, 0.2) is 60.7 Å². The summed E-state index contributed by atoms with van der Waals surface area (Å²) in [6.45, 7) is 2.11. The van der Waals surface area contributed by atoms with Gasteiger partial charge in [-0.1, -0.05) is 66.2 Å². The molecular formula is C21H15ClO2. The fraction of sp³-hybridized carbons (Fsp3) is 0.0952. The normalized spacial score (nSPS) is 11.2. The minimum Gasteiger partial charge on any atom is -0.462 e. The Morgan fingerprint density at radius 3 is 2.29 bits per heavy atom. The summed E-state index contributed by atoms with van der Waals surface area (Å²) >= 11 is 6.28. The molecule has 24 heavy (non-hydrogen) atoms. The van der Waals surface area contributed by atoms with Crippen molar-refractivity contribution < 1.29 is 9.53 Å². The molecule has 0 saturated heterocycles. The van der Waals surface area contributed by atoms with Gasteiger partial charge < -0.3 is 4.74 Å². The highest BCUT2D eigenvalue weighted by atomic mass is 35.5. The van der Waals surface area contributed by atoms with Gasteiger partial charge in [-0.15, -0.1) is 0 Å². The van der Waals surface area contributed by atoms with Gasteiger partial charge in [0.15, 0.2) is 0 Å². The second-order valence-corrected chi connectivity index (χ2v) is 6.09. The molecule has 0 atom stereocenters. The van der Waals surface area contributed by atoms with Crippen molar-refractivity contribution in [3.05, 3.63) is 71.2 Å². The largest absolute Gasteiger partial charge is 0.462 e. The molecule has 0 fully saturated rings. The third-order valence-electron chi connectivity index (χ3n) is 4.35. The average molecular weight is 335 g/mol. The Morgan fingerprint density at radius 1 is 0.833 bits per heavy atom. The van der Waals surface area contributed by atoms with Gasteiger partial charge in [0.25, 0.3) is 0 Å². The molecular weight excluding hydrogens is 320 g/mol. The molecule has 0 unspecified atom stereocenters. The Labute approximate surface area is 144 Å². The lowest BCUT2D eigenvalue weighted by atomic mass is 9.95. The second-order valence-electron chi connectivity index (χ2n) is 5.69. The Hall–Kier alpha value is -2.58. The quantitative estimate of drug-likeness (QED) is 0.333. The van der Waals surface area contributed by atoms with Gasteiger partial charge in [-0.05, 0) is 45.3 Å². The van der Waals surface area contributed by atoms with Crippen LogP contribution < -0.4 is 0 Å². The molecule has 0 spiro atoms. The number of rotatable bonds is 2. The van der Waals surface area contributed by atoms with Crippen LogP contribution >= 0.6 is 11.6 Å². The molecule has 0 amide bonds. The zero-order valence-electron chi connectivity index (χ0n) is 13.2. The van der Waals surface area contributed by atoms with Crippen LogP contribution in [0.25, 0.3) is 32.3 Å². The molecule has 4 rings (SSSR count). The van der Waals surface area contributed by atoms with Crippen molar-refractivity contribution in [3.8, 4) is 0 Å². The van der Waals surface area contributed by atoms with E-state index in [9.17, 15) is 4.79 Å². The van der Waals surface area contributed by atoms with Crippen LogP contribution in [0.3, 0.4) is 0 Å². The molecule has 0 radical (unpaired) electrons. The Kier molecular flexibility index (Phi) is 3.62. The lowest BCUT2D eigenvalue weighted by molar-refractivity contribution is 0.0529. The topological polar surface area (TPSA) is 26.3 Å². The second kappa shape index (κ2) is 5.81. The monoisotopic (exact) mass is 334 g/mol. The molecule has 0 aliphatic carbocycles. The maximum Gasteiger partial charge on any atom is 0.340 e. The minimum atomic E-state index is -0.381. The number of benzene rings is 4. The Balaban J connectivity index is 2.11. The number of carbonyl (C=O) groups excluding carboxylic acids is 1. The van der Waals surface area contributed by atoms with Crippen LogP contribution in [0, 0.1) is 0 Å². The van der Waals surface area contributed by atoms with Crippen LogP contribution in [-0.4, -0.2) is 12.6 Å². The van der Waals surface area contributed by atoms with Crippen molar-refractivity contribution in [2.45, 2.75) is 6.92 Å². The fourth-order valence-corrected chi connectivity index (χ4v) is 3.53. The molecule has 0 aliphatic rings. The summed E-state index contributed by atoms with van der Waals surface area (Å²) in [6.07, 6.45) is 0. The van der Waals surface area contributed by atoms with Gasteiger partial charge in [0.2, 0.25) is 0 Å². The first kappa shape index (κ1) is 15.0. The predicted octanol–water partition coefficient (Wildman–Crippen LogP) is 5.98. The SMILES string of the molecule is CCOC(=O)c1c(Cl)ccc2c1ccc1c3ccccc3ccc21. The van der Waals surface area contributed by atoms with Gasteiger partial charge in [-0.25, -0.2) is 4.79 Å². The highest BCUT2D eigenvalue weighted by Crippen LogP contribution is 2.35. The molecule has 0 aliphatic heterocycles. The van der Waals surface area contributed by atoms with Gasteiger partial charge in [0.1, 0.15) is 0 Å². The minimum absolute atomic E-state index is 0.323. The van der Waals surface area contributed by atoms with E-state index in [4.69, 9.17) is 16.3 Å². The highest BCUT2D eigenvalue weighted by molar-refractivity contribution is 6.36. The van der Waals surface area contributed by atoms with Gasteiger partial charge >= 0.3 is 5.97 Å². The average Bonchev–Trinajstić information content (AvgIpc) is 2.61. The van der Waals surface area contributed by atoms with Crippen molar-refractivity contribution >= 4 is 49.9 Å². The van der Waals surface area contributed by atoms with E-state index in [0.29, 0.717) is 17.2 Å². The molecule has 0 heterocycles. The maximum absolute atomic E-state index is 12.3. The summed E-state index contributed by atoms with van der Waals surface area (Å²) in [5, 5.41) is 6.91. The van der Waals surface area contributed by atoms with Crippen molar-refractivity contribution in [1.82, 2.24) is 0 Å². The van der Waals surface area contributed by atoms with Gasteiger partial charge in [-0.2, -0.15) is 0 Å². The summed E-state index contributed by atoms with van der Waals surface area (Å²) in [5.74, 6) is -0.381. The van der Waals surface area contributed by atoms with Crippen LogP contribution in [0.5, 0.6) is 0 Å². The number of halogens is 1. The molecule has 2 nitrogen and oxygen atoms in total. The number of hydrogen-bond donors (Lipinski definition) is 0. The molecule has 4 aromatic rings. The third-order valence-corrected chi connectivity index (χ3v) is 4.67. The van der Waals surface area contributed by atoms with Crippen molar-refractivity contribution in [2.24, 2.45) is 0 Å². The lowest BCUT2D eigenvalue weighted by Gasteiger charge is -2.12. The van der Waals surface area contributed by atoms with E-state index in [2.05, 4.69) is 30.3 Å². The van der Waals surface area contributed by atoms with E-state index < -0.39 is 0 Å². The summed E-state index contributed by atoms with van der Waals surface area (Å²) in [6, 6.07) is 20.3. The van der Waals surface area contributed by atoms with Gasteiger partial charge in [-0.3, -0.25) is 0 Å². The maximum atomic E-state index is 12.3. The van der Waals surface area contributed by atoms with E-state index in [0.717, 1.165) is 21.5 Å². The predicted molar refractivity (Wildman–Crippen MR) is 99.9 cm³/mol. The fourth-order valence-electron chi connectivity index (χ4n) is 3.29. The molecule has 3 heteroatoms. The highest BCUT2D eigenvalue weighted by Gasteiger charge is 2.17. The lowest BCUT2D eigenvalue weighted by Crippen LogP contribution is -2.06. The number of fused-ring (bicyclic) bond motifs is 5. The van der Waals surface area contributed by atoms with Crippen molar-refractivity contribution in [3.63, 3.8) is 0 Å². The zero-order valence-corrected chi connectivity index (χ0v) is 13.9. The first-order valence-corrected chi connectivity index (χ1v) is 8.28. The van der Waals surface area contributed by atoms with Crippen LogP contribution in [0.2, 0.25) is 5.02 Å². The van der Waals surface area contributed by atoms with Crippen LogP contribution in [0.1, 0.15) is 17.3 Å². The smallest absolute Gasteiger partial charge is 0.340 e. The molecule has 0 saturated carbocycles. The summed E-state index contributed by atoms with van der Waals surface area (Å²) in [7, 11) is 0. The third kappa shape index (κ3) is 2.22. The Morgan fingerprint density at radius 2 is 1.46 bits per heavy atom. The molecule has 0 aromatic heterocycles. The number of esters is 1. The van der Waals surface area contributed by atoms with Gasteiger partial charge in [0.05, 0.1) is 17.2 Å². The van der Waals surface area contributed by atoms with Gasteiger partial charge in [0, 0.05) is 0 Å². The van der Waals surface area contributed by atoms with E-state index in [1.165, 1.54) is 10.8 Å². The summed E-state index contributed by atoms with van der Waals surface area (Å²) in [4.78, 5) is 12.3. The first-order valence-electron chi connectivity index (χ1n) is 7.90. The number of hydrogen-bond acceptors (Lipinski definition) is 2. The molecule has 4 aromatic carbocycles. The van der Waals surface area contributed by atoms with E-state index in [1.807, 2.05) is 24.3 Å². The molecule has 118 valence electrons. The summed E-state index contributed by atoms with van der Waals surface area (Å²) < 4.78 is 5.18. The van der Waals surface area contributed by atoms with Crippen LogP contribution in [0.4, 0.5) is 0 Å². The zero-order chi connectivity index (χ0) is 16.7. The first-order chi connectivity index (χ1) is 11.7. The number of ether oxygens (including phenoxy) is 1. The standard InChI is InChI=1S/C21H15ClO2/c1-2-24-21(23)20-18-10-9-15-14-6-4-3-5-13(14)7-8-16(15)17(18)11-12-19(20)22/h3-12H,2H2,1H3. The van der Waals surface area contributed by atoms with E-state index in [-0.39, 0.29) is 5.97 Å².